The molecule has 3 nitrogen and oxygen atoms in total. The van der Waals surface area contributed by atoms with Crippen LogP contribution < -0.4 is 4.74 Å². The fraction of sp³-hybridized carbons (Fsp3) is 0.118. The van der Waals surface area contributed by atoms with E-state index >= 15 is 0 Å². The summed E-state index contributed by atoms with van der Waals surface area (Å²) in [5.74, 6) is -0.931. The van der Waals surface area contributed by atoms with Crippen LogP contribution in [-0.2, 0) is 11.0 Å². The molecule has 0 spiro atoms. The molecule has 2 rings (SSSR count). The van der Waals surface area contributed by atoms with Crippen LogP contribution in [0.1, 0.15) is 16.7 Å². The Balaban J connectivity index is 2.55. The van der Waals surface area contributed by atoms with Crippen molar-refractivity contribution in [3.05, 3.63) is 65.2 Å². The topological polar surface area (TPSA) is 46.5 Å². The molecule has 0 saturated carbocycles. The van der Waals surface area contributed by atoms with Gasteiger partial charge in [-0.3, -0.25) is 0 Å². The number of methoxy groups -OCH3 is 1. The molecule has 0 unspecified atom stereocenters. The Hall–Kier alpha value is -2.76. The van der Waals surface area contributed by atoms with E-state index in [0.717, 1.165) is 12.1 Å². The molecule has 0 amide bonds. The lowest BCUT2D eigenvalue weighted by atomic mass is 10.0. The van der Waals surface area contributed by atoms with Crippen LogP contribution in [0.3, 0.4) is 0 Å². The Labute approximate surface area is 130 Å². The second-order valence-electron chi connectivity index (χ2n) is 4.69. The van der Waals surface area contributed by atoms with Gasteiger partial charge in [0, 0.05) is 5.56 Å². The molecular formula is C17H13F3O3. The summed E-state index contributed by atoms with van der Waals surface area (Å²) in [4.78, 5) is 11.5. The zero-order valence-electron chi connectivity index (χ0n) is 12.1. The Morgan fingerprint density at radius 1 is 1.13 bits per heavy atom. The van der Waals surface area contributed by atoms with Gasteiger partial charge in [-0.15, -0.1) is 0 Å². The lowest BCUT2D eigenvalue weighted by Crippen LogP contribution is -2.05. The predicted molar refractivity (Wildman–Crippen MR) is 79.9 cm³/mol. The largest absolute Gasteiger partial charge is 0.496 e. The number of para-hydroxylation sites is 1. The minimum absolute atomic E-state index is 0.142. The average Bonchev–Trinajstić information content (AvgIpc) is 2.52. The van der Waals surface area contributed by atoms with Crippen molar-refractivity contribution in [3.63, 3.8) is 0 Å². The van der Waals surface area contributed by atoms with Crippen LogP contribution in [0.4, 0.5) is 13.2 Å². The van der Waals surface area contributed by atoms with Gasteiger partial charge in [0.15, 0.2) is 0 Å². The normalized spacial score (nSPS) is 12.1. The maximum atomic E-state index is 12.7. The number of carboxylic acids is 1. The maximum Gasteiger partial charge on any atom is 0.416 e. The third kappa shape index (κ3) is 3.91. The third-order valence-corrected chi connectivity index (χ3v) is 3.15. The van der Waals surface area contributed by atoms with E-state index in [1.807, 2.05) is 0 Å². The highest BCUT2D eigenvalue weighted by Gasteiger charge is 2.30. The summed E-state index contributed by atoms with van der Waals surface area (Å²) < 4.78 is 43.4. The number of carbonyl (C=O) groups is 1. The second kappa shape index (κ2) is 6.56. The highest BCUT2D eigenvalue weighted by atomic mass is 19.4. The molecule has 0 radical (unpaired) electrons. The van der Waals surface area contributed by atoms with Gasteiger partial charge >= 0.3 is 12.1 Å². The summed E-state index contributed by atoms with van der Waals surface area (Å²) in [7, 11) is 1.39. The monoisotopic (exact) mass is 322 g/mol. The lowest BCUT2D eigenvalue weighted by molar-refractivity contribution is -0.137. The summed E-state index contributed by atoms with van der Waals surface area (Å²) in [6, 6.07) is 10.9. The average molecular weight is 322 g/mol. The smallest absolute Gasteiger partial charge is 0.416 e. The first kappa shape index (κ1) is 16.6. The van der Waals surface area contributed by atoms with Crippen LogP contribution in [0.5, 0.6) is 5.75 Å². The lowest BCUT2D eigenvalue weighted by Gasteiger charge is -2.10. The van der Waals surface area contributed by atoms with E-state index < -0.39 is 17.7 Å². The van der Waals surface area contributed by atoms with Gasteiger partial charge in [-0.05, 0) is 29.8 Å². The van der Waals surface area contributed by atoms with Crippen molar-refractivity contribution >= 4 is 17.6 Å². The van der Waals surface area contributed by atoms with Crippen molar-refractivity contribution in [2.45, 2.75) is 6.18 Å². The van der Waals surface area contributed by atoms with Gasteiger partial charge in [0.05, 0.1) is 18.2 Å². The van der Waals surface area contributed by atoms with Gasteiger partial charge in [-0.1, -0.05) is 30.3 Å². The molecule has 0 atom stereocenters. The molecule has 0 saturated heterocycles. The number of aliphatic carboxylic acids is 1. The van der Waals surface area contributed by atoms with Crippen LogP contribution in [0.2, 0.25) is 0 Å². The molecule has 0 bridgehead atoms. The number of ether oxygens (including phenoxy) is 1. The fourth-order valence-corrected chi connectivity index (χ4v) is 2.09. The van der Waals surface area contributed by atoms with E-state index in [-0.39, 0.29) is 11.1 Å². The summed E-state index contributed by atoms with van der Waals surface area (Å²) in [5, 5.41) is 9.39. The number of hydrogen-bond donors (Lipinski definition) is 1. The number of rotatable bonds is 4. The Kier molecular flexibility index (Phi) is 4.74. The first-order valence-corrected chi connectivity index (χ1v) is 6.58. The minimum Gasteiger partial charge on any atom is -0.496 e. The number of carboxylic acid groups (broad SMARTS) is 1. The molecule has 0 heterocycles. The quantitative estimate of drug-likeness (QED) is 0.673. The van der Waals surface area contributed by atoms with Gasteiger partial charge in [-0.25, -0.2) is 4.79 Å². The molecule has 120 valence electrons. The first-order valence-electron chi connectivity index (χ1n) is 6.58. The van der Waals surface area contributed by atoms with Crippen molar-refractivity contribution < 1.29 is 27.8 Å². The molecule has 23 heavy (non-hydrogen) atoms. The van der Waals surface area contributed by atoms with E-state index in [0.29, 0.717) is 11.3 Å². The van der Waals surface area contributed by atoms with Crippen molar-refractivity contribution in [3.8, 4) is 5.75 Å². The van der Waals surface area contributed by atoms with Gasteiger partial charge < -0.3 is 9.84 Å². The number of hydrogen-bond acceptors (Lipinski definition) is 2. The van der Waals surface area contributed by atoms with E-state index in [2.05, 4.69) is 0 Å². The van der Waals surface area contributed by atoms with E-state index in [9.17, 15) is 23.1 Å². The number of halogens is 3. The highest BCUT2D eigenvalue weighted by molar-refractivity contribution is 6.21. The molecule has 2 aromatic carbocycles. The SMILES string of the molecule is COc1ccccc1/C(=C/c1cccc(C(F)(F)F)c1)C(=O)O. The second-order valence-corrected chi connectivity index (χ2v) is 4.69. The third-order valence-electron chi connectivity index (χ3n) is 3.15. The minimum atomic E-state index is -4.49. The van der Waals surface area contributed by atoms with Crippen LogP contribution in [0.25, 0.3) is 11.6 Å². The van der Waals surface area contributed by atoms with E-state index in [1.165, 1.54) is 31.4 Å². The molecule has 1 N–H and O–H groups in total. The zero-order valence-corrected chi connectivity index (χ0v) is 12.1. The van der Waals surface area contributed by atoms with Crippen molar-refractivity contribution in [2.75, 3.05) is 7.11 Å². The first-order chi connectivity index (χ1) is 10.8. The van der Waals surface area contributed by atoms with E-state index in [1.54, 1.807) is 18.2 Å². The van der Waals surface area contributed by atoms with Crippen molar-refractivity contribution in [1.29, 1.82) is 0 Å². The maximum absolute atomic E-state index is 12.7. The van der Waals surface area contributed by atoms with Gasteiger partial charge in [-0.2, -0.15) is 13.2 Å². The van der Waals surface area contributed by atoms with Gasteiger partial charge in [0.1, 0.15) is 5.75 Å². The van der Waals surface area contributed by atoms with Crippen LogP contribution in [-0.4, -0.2) is 18.2 Å². The van der Waals surface area contributed by atoms with Crippen molar-refractivity contribution in [2.24, 2.45) is 0 Å². The summed E-state index contributed by atoms with van der Waals surface area (Å²) in [6.45, 7) is 0. The Morgan fingerprint density at radius 3 is 2.43 bits per heavy atom. The summed E-state index contributed by atoms with van der Waals surface area (Å²) in [5.41, 5.74) is -0.555. The molecule has 0 aliphatic carbocycles. The van der Waals surface area contributed by atoms with Gasteiger partial charge in [0.2, 0.25) is 0 Å². The summed E-state index contributed by atoms with van der Waals surface area (Å²) in [6.07, 6.45) is -3.30. The molecule has 2 aromatic rings. The predicted octanol–water partition coefficient (Wildman–Crippen LogP) is 4.34. The molecule has 0 fully saturated rings. The molecule has 0 aliphatic heterocycles. The van der Waals surface area contributed by atoms with Crippen LogP contribution >= 0.6 is 0 Å². The molecular weight excluding hydrogens is 309 g/mol. The highest BCUT2D eigenvalue weighted by Crippen LogP contribution is 2.31. The molecule has 0 aromatic heterocycles. The standard InChI is InChI=1S/C17H13F3O3/c1-23-15-8-3-2-7-13(15)14(16(21)22)10-11-5-4-6-12(9-11)17(18,19)20/h2-10H,1H3,(H,21,22)/b14-10-. The number of alkyl halides is 3. The Bertz CT molecular complexity index is 749. The zero-order chi connectivity index (χ0) is 17.0. The Morgan fingerprint density at radius 2 is 1.83 bits per heavy atom. The molecule has 6 heteroatoms. The van der Waals surface area contributed by atoms with Crippen LogP contribution in [0, 0.1) is 0 Å². The van der Waals surface area contributed by atoms with Crippen LogP contribution in [0.15, 0.2) is 48.5 Å². The summed E-state index contributed by atoms with van der Waals surface area (Å²) >= 11 is 0. The van der Waals surface area contributed by atoms with Crippen molar-refractivity contribution in [1.82, 2.24) is 0 Å². The van der Waals surface area contributed by atoms with E-state index in [4.69, 9.17) is 4.74 Å². The molecule has 0 aliphatic rings. The van der Waals surface area contributed by atoms with Gasteiger partial charge in [0.25, 0.3) is 0 Å². The fourth-order valence-electron chi connectivity index (χ4n) is 2.09. The number of benzene rings is 2.